The summed E-state index contributed by atoms with van der Waals surface area (Å²) in [5, 5.41) is 13.9. The number of amides is 2. The summed E-state index contributed by atoms with van der Waals surface area (Å²) in [4.78, 5) is 37.6. The van der Waals surface area contributed by atoms with Crippen molar-refractivity contribution in [1.82, 2.24) is 10.2 Å². The molecule has 10 nitrogen and oxygen atoms in total. The third-order valence-electron chi connectivity index (χ3n) is 5.30. The predicted molar refractivity (Wildman–Crippen MR) is 130 cm³/mol. The van der Waals surface area contributed by atoms with Crippen LogP contribution in [0.1, 0.15) is 32.3 Å². The van der Waals surface area contributed by atoms with Gasteiger partial charge in [0.2, 0.25) is 21.8 Å². The Hall–Kier alpha value is -3.54. The summed E-state index contributed by atoms with van der Waals surface area (Å²) in [6, 6.07) is 9.57. The molecule has 0 aromatic heterocycles. The van der Waals surface area contributed by atoms with Gasteiger partial charge in [-0.1, -0.05) is 37.6 Å². The Kier molecular flexibility index (Phi) is 9.69. The lowest BCUT2D eigenvalue weighted by Gasteiger charge is -2.31. The van der Waals surface area contributed by atoms with E-state index in [9.17, 15) is 32.5 Å². The van der Waals surface area contributed by atoms with E-state index in [0.29, 0.717) is 6.54 Å². The van der Waals surface area contributed by atoms with Crippen LogP contribution in [0, 0.1) is 15.9 Å². The van der Waals surface area contributed by atoms with Gasteiger partial charge >= 0.3 is 0 Å². The molecule has 0 bridgehead atoms. The van der Waals surface area contributed by atoms with Gasteiger partial charge in [0.05, 0.1) is 16.9 Å². The number of nitro groups is 1. The molecule has 35 heavy (non-hydrogen) atoms. The molecule has 2 rings (SSSR count). The second kappa shape index (κ2) is 12.2. The molecule has 0 saturated heterocycles. The maximum Gasteiger partial charge on any atom is 0.271 e. The number of rotatable bonds is 12. The Morgan fingerprint density at radius 1 is 1.17 bits per heavy atom. The van der Waals surface area contributed by atoms with E-state index >= 15 is 0 Å². The molecule has 1 atom stereocenters. The highest BCUT2D eigenvalue weighted by atomic mass is 32.2. The van der Waals surface area contributed by atoms with Crippen LogP contribution in [-0.4, -0.2) is 55.4 Å². The maximum absolute atomic E-state index is 14.4. The van der Waals surface area contributed by atoms with Crippen LogP contribution in [0.15, 0.2) is 48.5 Å². The average molecular weight is 509 g/mol. The van der Waals surface area contributed by atoms with Crippen LogP contribution in [0.25, 0.3) is 0 Å². The van der Waals surface area contributed by atoms with Gasteiger partial charge in [0.1, 0.15) is 18.4 Å². The molecule has 0 radical (unpaired) electrons. The van der Waals surface area contributed by atoms with Gasteiger partial charge in [0.25, 0.3) is 5.69 Å². The van der Waals surface area contributed by atoms with Crippen LogP contribution in [-0.2, 0) is 26.2 Å². The van der Waals surface area contributed by atoms with Gasteiger partial charge in [-0.3, -0.25) is 24.0 Å². The zero-order valence-electron chi connectivity index (χ0n) is 19.8. The van der Waals surface area contributed by atoms with E-state index in [2.05, 4.69) is 5.32 Å². The monoisotopic (exact) mass is 508 g/mol. The molecular weight excluding hydrogens is 479 g/mol. The Morgan fingerprint density at radius 2 is 1.86 bits per heavy atom. The van der Waals surface area contributed by atoms with Crippen molar-refractivity contribution >= 4 is 33.2 Å². The Morgan fingerprint density at radius 3 is 2.46 bits per heavy atom. The van der Waals surface area contributed by atoms with Crippen molar-refractivity contribution in [3.05, 3.63) is 70.0 Å². The van der Waals surface area contributed by atoms with Gasteiger partial charge in [0.15, 0.2) is 0 Å². The molecule has 2 aromatic carbocycles. The highest BCUT2D eigenvalue weighted by Crippen LogP contribution is 2.24. The molecule has 0 aliphatic heterocycles. The molecular formula is C23H29FN4O6S. The topological polar surface area (TPSA) is 130 Å². The highest BCUT2D eigenvalue weighted by molar-refractivity contribution is 7.92. The van der Waals surface area contributed by atoms with Crippen LogP contribution in [0.2, 0.25) is 0 Å². The van der Waals surface area contributed by atoms with Crippen LogP contribution < -0.4 is 9.62 Å². The Balaban J connectivity index is 2.40. The molecule has 12 heteroatoms. The molecule has 0 heterocycles. The van der Waals surface area contributed by atoms with Crippen molar-refractivity contribution in [2.45, 2.75) is 39.3 Å². The number of nitrogens with one attached hydrogen (secondary N) is 1. The van der Waals surface area contributed by atoms with E-state index in [-0.39, 0.29) is 23.5 Å². The van der Waals surface area contributed by atoms with Crippen molar-refractivity contribution in [3.8, 4) is 0 Å². The lowest BCUT2D eigenvalue weighted by Crippen LogP contribution is -2.51. The van der Waals surface area contributed by atoms with Crippen LogP contribution in [0.4, 0.5) is 15.8 Å². The number of benzene rings is 2. The zero-order chi connectivity index (χ0) is 26.2. The van der Waals surface area contributed by atoms with Gasteiger partial charge in [0, 0.05) is 30.8 Å². The van der Waals surface area contributed by atoms with E-state index in [4.69, 9.17) is 0 Å². The van der Waals surface area contributed by atoms with Crippen molar-refractivity contribution < 1.29 is 27.3 Å². The quantitative estimate of drug-likeness (QED) is 0.267. The standard InChI is InChI=1S/C23H29FN4O6S/c1-4-5-13-25-23(30)17(2)26(15-18-9-6-7-12-21(18)24)22(29)16-27(35(3,33)34)19-10-8-11-20(14-19)28(31)32/h6-12,14,17H,4-5,13,15-16H2,1-3H3,(H,25,30)/t17-/m1/s1. The summed E-state index contributed by atoms with van der Waals surface area (Å²) in [6.07, 6.45) is 2.44. The second-order valence-electron chi connectivity index (χ2n) is 7.98. The summed E-state index contributed by atoms with van der Waals surface area (Å²) in [7, 11) is -4.04. The Bertz CT molecular complexity index is 1170. The fourth-order valence-corrected chi connectivity index (χ4v) is 4.15. The molecule has 2 amide bonds. The lowest BCUT2D eigenvalue weighted by molar-refractivity contribution is -0.384. The maximum atomic E-state index is 14.4. The number of carbonyl (C=O) groups excluding carboxylic acids is 2. The van der Waals surface area contributed by atoms with Gasteiger partial charge in [-0.2, -0.15) is 0 Å². The van der Waals surface area contributed by atoms with E-state index in [0.717, 1.165) is 34.4 Å². The normalized spacial score (nSPS) is 12.0. The fourth-order valence-electron chi connectivity index (χ4n) is 3.30. The van der Waals surface area contributed by atoms with Crippen molar-refractivity contribution in [2.24, 2.45) is 0 Å². The summed E-state index contributed by atoms with van der Waals surface area (Å²) in [5.41, 5.74) is -0.285. The smallest absolute Gasteiger partial charge is 0.271 e. The molecule has 0 spiro atoms. The molecule has 0 saturated carbocycles. The average Bonchev–Trinajstić information content (AvgIpc) is 2.80. The van der Waals surface area contributed by atoms with E-state index < -0.39 is 45.2 Å². The number of nitrogens with zero attached hydrogens (tertiary/aromatic N) is 3. The first-order chi connectivity index (χ1) is 16.5. The van der Waals surface area contributed by atoms with Crippen LogP contribution in [0.5, 0.6) is 0 Å². The zero-order valence-corrected chi connectivity index (χ0v) is 20.6. The highest BCUT2D eigenvalue weighted by Gasteiger charge is 2.31. The number of non-ortho nitro benzene ring substituents is 1. The van der Waals surface area contributed by atoms with Gasteiger partial charge in [-0.05, 0) is 25.5 Å². The minimum atomic E-state index is -4.04. The minimum absolute atomic E-state index is 0.0825. The SMILES string of the molecule is CCCCNC(=O)[C@@H](C)N(Cc1ccccc1F)C(=O)CN(c1cccc([N+](=O)[O-])c1)S(C)(=O)=O. The number of hydrogen-bond donors (Lipinski definition) is 1. The molecule has 0 unspecified atom stereocenters. The van der Waals surface area contributed by atoms with Gasteiger partial charge < -0.3 is 10.2 Å². The predicted octanol–water partition coefficient (Wildman–Crippen LogP) is 2.83. The lowest BCUT2D eigenvalue weighted by atomic mass is 10.1. The number of anilines is 1. The van der Waals surface area contributed by atoms with Crippen LogP contribution >= 0.6 is 0 Å². The third-order valence-corrected chi connectivity index (χ3v) is 6.44. The molecule has 1 N–H and O–H groups in total. The molecule has 0 aliphatic rings. The van der Waals surface area contributed by atoms with E-state index in [1.165, 1.54) is 43.3 Å². The molecule has 2 aromatic rings. The summed E-state index contributed by atoms with van der Waals surface area (Å²) >= 11 is 0. The van der Waals surface area contributed by atoms with Crippen molar-refractivity contribution in [3.63, 3.8) is 0 Å². The molecule has 0 fully saturated rings. The first-order valence-corrected chi connectivity index (χ1v) is 12.8. The number of unbranched alkanes of at least 4 members (excludes halogenated alkanes) is 1. The second-order valence-corrected chi connectivity index (χ2v) is 9.89. The number of halogens is 1. The minimum Gasteiger partial charge on any atom is -0.354 e. The van der Waals surface area contributed by atoms with Crippen LogP contribution in [0.3, 0.4) is 0 Å². The fraction of sp³-hybridized carbons (Fsp3) is 0.391. The molecule has 190 valence electrons. The summed E-state index contributed by atoms with van der Waals surface area (Å²) in [5.74, 6) is -1.82. The number of hydrogen-bond acceptors (Lipinski definition) is 6. The van der Waals surface area contributed by atoms with Gasteiger partial charge in [-0.15, -0.1) is 0 Å². The van der Waals surface area contributed by atoms with Crippen molar-refractivity contribution in [1.29, 1.82) is 0 Å². The van der Waals surface area contributed by atoms with Crippen molar-refractivity contribution in [2.75, 3.05) is 23.7 Å². The summed E-state index contributed by atoms with van der Waals surface area (Å²) in [6.45, 7) is 2.81. The summed E-state index contributed by atoms with van der Waals surface area (Å²) < 4.78 is 40.1. The number of sulfonamides is 1. The van der Waals surface area contributed by atoms with Gasteiger partial charge in [-0.25, -0.2) is 12.8 Å². The number of carbonyl (C=O) groups is 2. The van der Waals surface area contributed by atoms with E-state index in [1.807, 2.05) is 6.92 Å². The first kappa shape index (κ1) is 27.7. The first-order valence-electron chi connectivity index (χ1n) is 11.0. The third kappa shape index (κ3) is 7.74. The number of nitro benzene ring substituents is 1. The Labute approximate surface area is 203 Å². The molecule has 0 aliphatic carbocycles. The largest absolute Gasteiger partial charge is 0.354 e. The van der Waals surface area contributed by atoms with E-state index in [1.54, 1.807) is 6.07 Å².